The van der Waals surface area contributed by atoms with Gasteiger partial charge in [0.25, 0.3) is 0 Å². The molecule has 9 nitrogen and oxygen atoms in total. The van der Waals surface area contributed by atoms with Crippen LogP contribution in [-0.4, -0.2) is 59.8 Å². The molecule has 0 aromatic heterocycles. The number of nitrogens with zero attached hydrogens (tertiary/aromatic N) is 1. The number of ether oxygens (including phenoxy) is 1. The van der Waals surface area contributed by atoms with Crippen LogP contribution in [0.2, 0.25) is 0 Å². The topological polar surface area (TPSA) is 122 Å². The quantitative estimate of drug-likeness (QED) is 0.461. The molecule has 0 aliphatic carbocycles. The highest BCUT2D eigenvalue weighted by atomic mass is 32.2. The summed E-state index contributed by atoms with van der Waals surface area (Å²) in [6.07, 6.45) is 0.798. The second-order valence-corrected chi connectivity index (χ2v) is 12.2. The molecular formula is C24H33N3O6S2. The first-order valence-corrected chi connectivity index (χ1v) is 14.5. The smallest absolute Gasteiger partial charge is 0.243 e. The molecule has 3 rings (SSSR count). The lowest BCUT2D eigenvalue weighted by Gasteiger charge is -2.30. The van der Waals surface area contributed by atoms with E-state index in [4.69, 9.17) is 4.74 Å². The number of carbonyl (C=O) groups excluding carboxylic acids is 1. The fourth-order valence-corrected chi connectivity index (χ4v) is 6.51. The predicted octanol–water partition coefficient (Wildman–Crippen LogP) is 2.20. The Bertz CT molecular complexity index is 1240. The van der Waals surface area contributed by atoms with Crippen molar-refractivity contribution in [3.63, 3.8) is 0 Å². The third kappa shape index (κ3) is 6.81. The molecule has 2 aromatic rings. The number of piperidine rings is 1. The molecule has 1 heterocycles. The van der Waals surface area contributed by atoms with Crippen molar-refractivity contribution in [2.75, 3.05) is 32.8 Å². The van der Waals surface area contributed by atoms with E-state index in [9.17, 15) is 21.6 Å². The molecule has 1 aliphatic heterocycles. The SMILES string of the molecule is CCOc1ccc(S(=O)(=O)N2CCC(C(=O)NCCNS(=O)(=O)c3ccc(C)cc3)CC2)cc1C. The number of carbonyl (C=O) groups is 1. The highest BCUT2D eigenvalue weighted by Gasteiger charge is 2.32. The van der Waals surface area contributed by atoms with E-state index >= 15 is 0 Å². The lowest BCUT2D eigenvalue weighted by Crippen LogP contribution is -2.44. The Labute approximate surface area is 208 Å². The molecule has 0 bridgehead atoms. The first-order valence-electron chi connectivity index (χ1n) is 11.6. The molecule has 1 aliphatic rings. The number of amides is 1. The zero-order valence-electron chi connectivity index (χ0n) is 20.3. The number of nitrogens with one attached hydrogen (secondary N) is 2. The van der Waals surface area contributed by atoms with Gasteiger partial charge < -0.3 is 10.1 Å². The Morgan fingerprint density at radius 1 is 0.971 bits per heavy atom. The monoisotopic (exact) mass is 523 g/mol. The highest BCUT2D eigenvalue weighted by Crippen LogP contribution is 2.27. The third-order valence-corrected chi connectivity index (χ3v) is 9.33. The van der Waals surface area contributed by atoms with Crippen LogP contribution >= 0.6 is 0 Å². The van der Waals surface area contributed by atoms with Gasteiger partial charge in [0, 0.05) is 32.1 Å². The Morgan fingerprint density at radius 3 is 2.20 bits per heavy atom. The van der Waals surface area contributed by atoms with Crippen molar-refractivity contribution in [1.82, 2.24) is 14.3 Å². The molecule has 1 amide bonds. The van der Waals surface area contributed by atoms with Crippen LogP contribution in [0.1, 0.15) is 30.9 Å². The number of sulfonamides is 2. The summed E-state index contributed by atoms with van der Waals surface area (Å²) in [4.78, 5) is 12.9. The predicted molar refractivity (Wildman–Crippen MR) is 133 cm³/mol. The van der Waals surface area contributed by atoms with Crippen molar-refractivity contribution in [2.45, 2.75) is 43.4 Å². The van der Waals surface area contributed by atoms with E-state index in [1.807, 2.05) is 20.8 Å². The number of rotatable bonds is 10. The molecule has 2 N–H and O–H groups in total. The number of benzene rings is 2. The van der Waals surface area contributed by atoms with Crippen molar-refractivity contribution < 1.29 is 26.4 Å². The van der Waals surface area contributed by atoms with Gasteiger partial charge in [0.2, 0.25) is 26.0 Å². The van der Waals surface area contributed by atoms with E-state index in [0.717, 1.165) is 11.1 Å². The molecule has 0 atom stereocenters. The summed E-state index contributed by atoms with van der Waals surface area (Å²) < 4.78 is 60.1. The van der Waals surface area contributed by atoms with Crippen LogP contribution in [-0.2, 0) is 24.8 Å². The molecular weight excluding hydrogens is 490 g/mol. The Kier molecular flexibility index (Phi) is 8.92. The number of aryl methyl sites for hydroxylation is 2. The summed E-state index contributed by atoms with van der Waals surface area (Å²) in [6, 6.07) is 11.3. The molecule has 35 heavy (non-hydrogen) atoms. The third-order valence-electron chi connectivity index (χ3n) is 5.96. The van der Waals surface area contributed by atoms with E-state index < -0.39 is 20.0 Å². The normalized spacial score (nSPS) is 15.6. The van der Waals surface area contributed by atoms with Crippen LogP contribution in [0.4, 0.5) is 0 Å². The zero-order chi connectivity index (χ0) is 25.6. The largest absolute Gasteiger partial charge is 0.494 e. The Hall–Kier alpha value is -2.47. The first-order chi connectivity index (χ1) is 16.5. The lowest BCUT2D eigenvalue weighted by molar-refractivity contribution is -0.126. The zero-order valence-corrected chi connectivity index (χ0v) is 21.9. The van der Waals surface area contributed by atoms with Gasteiger partial charge in [-0.3, -0.25) is 4.79 Å². The summed E-state index contributed by atoms with van der Waals surface area (Å²) in [7, 11) is -7.30. The number of hydrogen-bond acceptors (Lipinski definition) is 6. The summed E-state index contributed by atoms with van der Waals surface area (Å²) in [5.74, 6) is 0.133. The van der Waals surface area contributed by atoms with E-state index in [-0.39, 0.29) is 47.8 Å². The van der Waals surface area contributed by atoms with Crippen LogP contribution < -0.4 is 14.8 Å². The van der Waals surface area contributed by atoms with Crippen molar-refractivity contribution >= 4 is 26.0 Å². The van der Waals surface area contributed by atoms with Crippen molar-refractivity contribution in [3.05, 3.63) is 53.6 Å². The number of hydrogen-bond donors (Lipinski definition) is 2. The Balaban J connectivity index is 1.47. The van der Waals surface area contributed by atoms with E-state index in [0.29, 0.717) is 25.2 Å². The van der Waals surface area contributed by atoms with Crippen LogP contribution in [0.15, 0.2) is 52.3 Å². The molecule has 0 saturated carbocycles. The fraction of sp³-hybridized carbons (Fsp3) is 0.458. The summed E-state index contributed by atoms with van der Waals surface area (Å²) in [5.41, 5.74) is 1.71. The van der Waals surface area contributed by atoms with Gasteiger partial charge in [-0.25, -0.2) is 21.6 Å². The maximum atomic E-state index is 13.0. The maximum Gasteiger partial charge on any atom is 0.243 e. The average Bonchev–Trinajstić information content (AvgIpc) is 2.83. The molecule has 0 radical (unpaired) electrons. The second-order valence-electron chi connectivity index (χ2n) is 8.54. The minimum Gasteiger partial charge on any atom is -0.494 e. The Morgan fingerprint density at radius 2 is 1.60 bits per heavy atom. The van der Waals surface area contributed by atoms with Crippen LogP contribution in [0.25, 0.3) is 0 Å². The van der Waals surface area contributed by atoms with Crippen LogP contribution in [0.5, 0.6) is 5.75 Å². The van der Waals surface area contributed by atoms with Crippen LogP contribution in [0.3, 0.4) is 0 Å². The molecule has 1 saturated heterocycles. The molecule has 192 valence electrons. The van der Waals surface area contributed by atoms with Crippen LogP contribution in [0, 0.1) is 19.8 Å². The van der Waals surface area contributed by atoms with Crippen molar-refractivity contribution in [3.8, 4) is 5.75 Å². The molecule has 11 heteroatoms. The fourth-order valence-electron chi connectivity index (χ4n) is 3.92. The van der Waals surface area contributed by atoms with Gasteiger partial charge in [-0.15, -0.1) is 0 Å². The van der Waals surface area contributed by atoms with Crippen molar-refractivity contribution in [2.24, 2.45) is 5.92 Å². The van der Waals surface area contributed by atoms with Gasteiger partial charge in [0.05, 0.1) is 16.4 Å². The van der Waals surface area contributed by atoms with Gasteiger partial charge in [0.15, 0.2) is 0 Å². The van der Waals surface area contributed by atoms with Gasteiger partial charge in [-0.1, -0.05) is 17.7 Å². The van der Waals surface area contributed by atoms with Gasteiger partial charge in [-0.05, 0) is 69.5 Å². The summed E-state index contributed by atoms with van der Waals surface area (Å²) >= 11 is 0. The van der Waals surface area contributed by atoms with E-state index in [2.05, 4.69) is 10.0 Å². The van der Waals surface area contributed by atoms with Gasteiger partial charge in [0.1, 0.15) is 5.75 Å². The minimum absolute atomic E-state index is 0.0618. The standard InChI is InChI=1S/C24H33N3O6S2/c1-4-33-23-10-9-22(17-19(23)3)35(31,32)27-15-11-20(12-16-27)24(28)25-13-14-26-34(29,30)21-7-5-18(2)6-8-21/h5-10,17,20,26H,4,11-16H2,1-3H3,(H,25,28). The lowest BCUT2D eigenvalue weighted by atomic mass is 9.97. The highest BCUT2D eigenvalue weighted by molar-refractivity contribution is 7.89. The summed E-state index contributed by atoms with van der Waals surface area (Å²) in [6.45, 7) is 6.75. The molecule has 2 aromatic carbocycles. The van der Waals surface area contributed by atoms with E-state index in [1.54, 1.807) is 30.3 Å². The minimum atomic E-state index is -3.66. The second kappa shape index (κ2) is 11.5. The first kappa shape index (κ1) is 27.1. The molecule has 1 fully saturated rings. The van der Waals surface area contributed by atoms with Gasteiger partial charge in [-0.2, -0.15) is 4.31 Å². The molecule has 0 unspecified atom stereocenters. The molecule has 0 spiro atoms. The van der Waals surface area contributed by atoms with Gasteiger partial charge >= 0.3 is 0 Å². The van der Waals surface area contributed by atoms with E-state index in [1.165, 1.54) is 16.4 Å². The average molecular weight is 524 g/mol. The maximum absolute atomic E-state index is 13.0. The summed E-state index contributed by atoms with van der Waals surface area (Å²) in [5, 5.41) is 2.75. The van der Waals surface area contributed by atoms with Crippen molar-refractivity contribution in [1.29, 1.82) is 0 Å².